The second-order valence-electron chi connectivity index (χ2n) is 5.43. The molecule has 22 heavy (non-hydrogen) atoms. The first-order valence-electron chi connectivity index (χ1n) is 7.03. The number of aromatic nitrogens is 1. The van der Waals surface area contributed by atoms with Gasteiger partial charge in [-0.1, -0.05) is 6.92 Å². The van der Waals surface area contributed by atoms with Crippen LogP contribution in [0.4, 0.5) is 14.5 Å². The highest BCUT2D eigenvalue weighted by atomic mass is 19.1. The van der Waals surface area contributed by atoms with Crippen LogP contribution in [0.25, 0.3) is 10.9 Å². The molecule has 2 aromatic rings. The lowest BCUT2D eigenvalue weighted by molar-refractivity contribution is 0.101. The van der Waals surface area contributed by atoms with Crippen molar-refractivity contribution in [1.82, 2.24) is 4.57 Å². The predicted molar refractivity (Wildman–Crippen MR) is 82.7 cm³/mol. The molecule has 2 rings (SSSR count). The molecule has 0 bridgehead atoms. The zero-order chi connectivity index (χ0) is 16.6. The molecule has 1 heterocycles. The second kappa shape index (κ2) is 5.87. The van der Waals surface area contributed by atoms with Crippen molar-refractivity contribution in [1.29, 1.82) is 0 Å². The largest absolute Gasteiger partial charge is 0.373 e. The molecule has 0 saturated carbocycles. The lowest BCUT2D eigenvalue weighted by Crippen LogP contribution is -2.21. The molecule has 0 fully saturated rings. The molecule has 0 spiro atoms. The maximum atomic E-state index is 14.8. The van der Waals surface area contributed by atoms with Gasteiger partial charge in [0.25, 0.3) is 0 Å². The van der Waals surface area contributed by atoms with Crippen molar-refractivity contribution in [3.8, 4) is 0 Å². The summed E-state index contributed by atoms with van der Waals surface area (Å²) in [4.78, 5) is 25.3. The Kier molecular flexibility index (Phi) is 4.30. The van der Waals surface area contributed by atoms with E-state index in [4.69, 9.17) is 0 Å². The minimum Gasteiger partial charge on any atom is -0.373 e. The van der Waals surface area contributed by atoms with Gasteiger partial charge in [0.2, 0.25) is 0 Å². The van der Waals surface area contributed by atoms with Gasteiger partial charge in [-0.05, 0) is 19.4 Å². The molecule has 0 atom stereocenters. The Bertz CT molecular complexity index is 810. The summed E-state index contributed by atoms with van der Waals surface area (Å²) in [6.07, 6.45) is 2.04. The average Bonchev–Trinajstić information content (AvgIpc) is 2.41. The third-order valence-corrected chi connectivity index (χ3v) is 3.52. The topological polar surface area (TPSA) is 42.3 Å². The van der Waals surface area contributed by atoms with Gasteiger partial charge in [-0.3, -0.25) is 9.59 Å². The van der Waals surface area contributed by atoms with E-state index in [1.165, 1.54) is 36.7 Å². The van der Waals surface area contributed by atoms with Crippen LogP contribution in [0.3, 0.4) is 0 Å². The number of ketones is 1. The molecular weight excluding hydrogens is 290 g/mol. The van der Waals surface area contributed by atoms with Crippen LogP contribution >= 0.6 is 0 Å². The Morgan fingerprint density at radius 1 is 1.32 bits per heavy atom. The van der Waals surface area contributed by atoms with E-state index in [-0.39, 0.29) is 22.2 Å². The zero-order valence-electron chi connectivity index (χ0n) is 13.0. The van der Waals surface area contributed by atoms with Crippen LogP contribution in [-0.2, 0) is 6.54 Å². The summed E-state index contributed by atoms with van der Waals surface area (Å²) in [5.41, 5.74) is -0.871. The van der Waals surface area contributed by atoms with E-state index in [9.17, 15) is 18.4 Å². The summed E-state index contributed by atoms with van der Waals surface area (Å²) < 4.78 is 30.4. The van der Waals surface area contributed by atoms with Crippen molar-refractivity contribution in [3.63, 3.8) is 0 Å². The smallest absolute Gasteiger partial charge is 0.200 e. The number of rotatable bonds is 4. The number of hydrogen-bond acceptors (Lipinski definition) is 3. The maximum absolute atomic E-state index is 14.8. The molecule has 0 unspecified atom stereocenters. The quantitative estimate of drug-likeness (QED) is 0.816. The van der Waals surface area contributed by atoms with Crippen LogP contribution in [0.2, 0.25) is 0 Å². The Hall–Kier alpha value is -2.24. The fourth-order valence-electron chi connectivity index (χ4n) is 2.55. The molecule has 0 aliphatic rings. The minimum atomic E-state index is -0.823. The SMILES string of the molecule is CCCn1cc(C(C)=O)c(=O)c2cc(F)c(N(C)C)c(F)c21. The molecule has 0 amide bonds. The number of Topliss-reactive ketones (excluding diaryl/α,β-unsaturated/α-hetero) is 1. The van der Waals surface area contributed by atoms with E-state index in [0.717, 1.165) is 6.07 Å². The van der Waals surface area contributed by atoms with E-state index in [2.05, 4.69) is 0 Å². The molecule has 0 saturated heterocycles. The third kappa shape index (κ3) is 2.49. The van der Waals surface area contributed by atoms with Crippen molar-refractivity contribution in [2.75, 3.05) is 19.0 Å². The molecule has 0 aliphatic carbocycles. The van der Waals surface area contributed by atoms with E-state index in [1.807, 2.05) is 6.92 Å². The first-order valence-corrected chi connectivity index (χ1v) is 7.03. The van der Waals surface area contributed by atoms with Crippen molar-refractivity contribution < 1.29 is 13.6 Å². The standard InChI is InChI=1S/C16H18F2N2O2/c1-5-6-20-8-11(9(2)21)16(22)10-7-12(17)15(19(3)4)13(18)14(10)20/h7-8H,5-6H2,1-4H3. The fourth-order valence-corrected chi connectivity index (χ4v) is 2.55. The number of carbonyl (C=O) groups is 1. The summed E-state index contributed by atoms with van der Waals surface area (Å²) >= 11 is 0. The monoisotopic (exact) mass is 308 g/mol. The fraction of sp³-hybridized carbons (Fsp3) is 0.375. The minimum absolute atomic E-state index is 0.0296. The van der Waals surface area contributed by atoms with Crippen molar-refractivity contribution >= 4 is 22.4 Å². The molecule has 6 heteroatoms. The van der Waals surface area contributed by atoms with Crippen LogP contribution in [0, 0.1) is 11.6 Å². The van der Waals surface area contributed by atoms with Crippen molar-refractivity contribution in [2.45, 2.75) is 26.8 Å². The Morgan fingerprint density at radius 2 is 1.95 bits per heavy atom. The number of anilines is 1. The normalized spacial score (nSPS) is 11.0. The third-order valence-electron chi connectivity index (χ3n) is 3.52. The summed E-state index contributed by atoms with van der Waals surface area (Å²) in [5, 5.41) is -0.109. The number of halogens is 2. The molecule has 1 aromatic carbocycles. The maximum Gasteiger partial charge on any atom is 0.200 e. The summed E-state index contributed by atoms with van der Waals surface area (Å²) in [5.74, 6) is -2.04. The van der Waals surface area contributed by atoms with Crippen LogP contribution in [0.5, 0.6) is 0 Å². The number of carbonyl (C=O) groups excluding carboxylic acids is 1. The molecule has 0 N–H and O–H groups in total. The molecule has 4 nitrogen and oxygen atoms in total. The molecule has 118 valence electrons. The van der Waals surface area contributed by atoms with Crippen molar-refractivity contribution in [3.05, 3.63) is 39.7 Å². The number of nitrogens with zero attached hydrogens (tertiary/aromatic N) is 2. The highest BCUT2D eigenvalue weighted by Crippen LogP contribution is 2.28. The zero-order valence-corrected chi connectivity index (χ0v) is 13.0. The molecule has 1 aromatic heterocycles. The lowest BCUT2D eigenvalue weighted by atomic mass is 10.1. The van der Waals surface area contributed by atoms with Crippen LogP contribution in [0.1, 0.15) is 30.6 Å². The van der Waals surface area contributed by atoms with Gasteiger partial charge in [0.1, 0.15) is 11.5 Å². The number of pyridine rings is 1. The summed E-state index contributed by atoms with van der Waals surface area (Å²) in [6.45, 7) is 3.58. The average molecular weight is 308 g/mol. The van der Waals surface area contributed by atoms with Crippen LogP contribution in [0.15, 0.2) is 17.1 Å². The number of aryl methyl sites for hydroxylation is 1. The van der Waals surface area contributed by atoms with E-state index < -0.39 is 22.8 Å². The van der Waals surface area contributed by atoms with Gasteiger partial charge < -0.3 is 9.47 Å². The van der Waals surface area contributed by atoms with Crippen LogP contribution in [-0.4, -0.2) is 24.4 Å². The van der Waals surface area contributed by atoms with E-state index in [0.29, 0.717) is 13.0 Å². The van der Waals surface area contributed by atoms with Crippen molar-refractivity contribution in [2.24, 2.45) is 0 Å². The van der Waals surface area contributed by atoms with Gasteiger partial charge in [-0.15, -0.1) is 0 Å². The van der Waals surface area contributed by atoms with Gasteiger partial charge in [-0.25, -0.2) is 8.78 Å². The van der Waals surface area contributed by atoms with Gasteiger partial charge in [0.15, 0.2) is 17.0 Å². The number of hydrogen-bond donors (Lipinski definition) is 0. The number of fused-ring (bicyclic) bond motifs is 1. The summed E-state index contributed by atoms with van der Waals surface area (Å²) in [7, 11) is 3.05. The van der Waals surface area contributed by atoms with Gasteiger partial charge in [0.05, 0.1) is 16.5 Å². The lowest BCUT2D eigenvalue weighted by Gasteiger charge is -2.19. The predicted octanol–water partition coefficient (Wildman–Crippen LogP) is 2.96. The second-order valence-corrected chi connectivity index (χ2v) is 5.43. The molecular formula is C16H18F2N2O2. The first-order chi connectivity index (χ1) is 10.3. The highest BCUT2D eigenvalue weighted by Gasteiger charge is 2.21. The van der Waals surface area contributed by atoms with E-state index >= 15 is 0 Å². The van der Waals surface area contributed by atoms with Gasteiger partial charge >= 0.3 is 0 Å². The first kappa shape index (κ1) is 16.1. The molecule has 0 radical (unpaired) electrons. The van der Waals surface area contributed by atoms with Gasteiger partial charge in [-0.2, -0.15) is 0 Å². The number of benzene rings is 1. The van der Waals surface area contributed by atoms with Crippen LogP contribution < -0.4 is 10.3 Å². The Morgan fingerprint density at radius 3 is 2.45 bits per heavy atom. The Labute approximate surface area is 127 Å². The van der Waals surface area contributed by atoms with E-state index in [1.54, 1.807) is 0 Å². The summed E-state index contributed by atoms with van der Waals surface area (Å²) in [6, 6.07) is 1.01. The Balaban J connectivity index is 3.02. The van der Waals surface area contributed by atoms with Gasteiger partial charge in [0, 0.05) is 26.8 Å². The molecule has 0 aliphatic heterocycles. The highest BCUT2D eigenvalue weighted by molar-refractivity contribution is 5.97.